The minimum atomic E-state index is -0.764. The first kappa shape index (κ1) is 27.7. The van der Waals surface area contributed by atoms with E-state index >= 15 is 0 Å². The van der Waals surface area contributed by atoms with Gasteiger partial charge in [0.05, 0.1) is 16.6 Å². The molecule has 9 rings (SSSR count). The molecule has 1 aliphatic heterocycles. The smallest absolute Gasteiger partial charge is 0.273 e. The molecule has 9 heteroatoms. The molecule has 0 spiro atoms. The summed E-state index contributed by atoms with van der Waals surface area (Å²) in [6.07, 6.45) is 9.25. The molecule has 4 aliphatic carbocycles. The van der Waals surface area contributed by atoms with Crippen LogP contribution in [-0.2, 0) is 15.0 Å². The van der Waals surface area contributed by atoms with Gasteiger partial charge >= 0.3 is 6.03 Å². The fraction of sp³-hybridized carbons (Fsp3) is 0.361. The highest BCUT2D eigenvalue weighted by molar-refractivity contribution is 6.39. The number of barbiturate groups is 1. The number of fused-ring (bicyclic) bond motifs is 1. The van der Waals surface area contributed by atoms with E-state index in [1.807, 2.05) is 38.1 Å². The number of benzene rings is 2. The van der Waals surface area contributed by atoms with Crippen LogP contribution in [0.5, 0.6) is 0 Å². The van der Waals surface area contributed by atoms with Crippen molar-refractivity contribution in [2.24, 2.45) is 17.8 Å². The van der Waals surface area contributed by atoms with E-state index in [-0.39, 0.29) is 16.5 Å². The van der Waals surface area contributed by atoms with Gasteiger partial charge in [0, 0.05) is 11.4 Å². The number of aryl methyl sites for hydroxylation is 2. The Kier molecular flexibility index (Phi) is 6.08. The molecule has 4 aromatic rings. The molecule has 228 valence electrons. The van der Waals surface area contributed by atoms with Gasteiger partial charge in [-0.3, -0.25) is 24.4 Å². The number of nitrogens with zero attached hydrogens (tertiary/aromatic N) is 4. The molecule has 0 unspecified atom stereocenters. The Morgan fingerprint density at radius 1 is 0.844 bits per heavy atom. The second-order valence-corrected chi connectivity index (χ2v) is 13.6. The average Bonchev–Trinajstić information content (AvgIpc) is 3.27. The number of anilines is 1. The third-order valence-corrected chi connectivity index (χ3v) is 10.7. The molecular weight excluding hydrogens is 566 g/mol. The van der Waals surface area contributed by atoms with Crippen LogP contribution in [0.15, 0.2) is 65.0 Å². The number of nitrogens with one attached hydrogen (secondary N) is 1. The van der Waals surface area contributed by atoms with Gasteiger partial charge in [0.2, 0.25) is 0 Å². The first-order chi connectivity index (χ1) is 21.6. The van der Waals surface area contributed by atoms with E-state index in [0.717, 1.165) is 28.3 Å². The average molecular weight is 602 g/mol. The summed E-state index contributed by atoms with van der Waals surface area (Å²) in [6, 6.07) is 16.1. The van der Waals surface area contributed by atoms with Crippen molar-refractivity contribution in [1.29, 1.82) is 0 Å². The Labute approximate surface area is 260 Å². The number of hydrogen-bond donors (Lipinski definition) is 1. The number of amides is 4. The van der Waals surface area contributed by atoms with Crippen molar-refractivity contribution in [2.75, 3.05) is 4.90 Å². The number of carbonyl (C=O) groups excluding carboxylic acids is 3. The molecule has 45 heavy (non-hydrogen) atoms. The third kappa shape index (κ3) is 4.24. The summed E-state index contributed by atoms with van der Waals surface area (Å²) < 4.78 is 3.24. The zero-order valence-electron chi connectivity index (χ0n) is 25.7. The first-order valence-corrected chi connectivity index (χ1v) is 15.8. The lowest BCUT2D eigenvalue weighted by molar-refractivity contribution is -0.122. The molecule has 2 aromatic carbocycles. The van der Waals surface area contributed by atoms with Crippen LogP contribution in [0, 0.1) is 38.5 Å². The highest BCUT2D eigenvalue weighted by Crippen LogP contribution is 2.60. The number of urea groups is 1. The zero-order chi connectivity index (χ0) is 31.2. The summed E-state index contributed by atoms with van der Waals surface area (Å²) in [6.45, 7) is 5.43. The molecule has 5 fully saturated rings. The van der Waals surface area contributed by atoms with Crippen LogP contribution in [-0.4, -0.2) is 32.2 Å². The van der Waals surface area contributed by atoms with Gasteiger partial charge in [-0.05, 0) is 130 Å². The minimum Gasteiger partial charge on any atom is -0.273 e. The number of aromatic nitrogens is 3. The summed E-state index contributed by atoms with van der Waals surface area (Å²) >= 11 is 0. The summed E-state index contributed by atoms with van der Waals surface area (Å²) in [7, 11) is 0. The van der Waals surface area contributed by atoms with Gasteiger partial charge in [0.25, 0.3) is 17.4 Å². The normalized spacial score (nSPS) is 26.7. The molecule has 5 aliphatic rings. The second kappa shape index (κ2) is 9.86. The van der Waals surface area contributed by atoms with Crippen LogP contribution >= 0.6 is 0 Å². The van der Waals surface area contributed by atoms with Gasteiger partial charge in [-0.1, -0.05) is 24.3 Å². The summed E-state index contributed by atoms with van der Waals surface area (Å²) in [5.41, 5.74) is 4.11. The monoisotopic (exact) mass is 601 g/mol. The number of rotatable bonds is 4. The van der Waals surface area contributed by atoms with E-state index in [0.29, 0.717) is 33.7 Å². The quantitative estimate of drug-likeness (QED) is 0.243. The van der Waals surface area contributed by atoms with Gasteiger partial charge in [-0.2, -0.15) is 4.68 Å². The SMILES string of the molecule is Cc1cc(C=C2C(=O)NC(=O)N(c3ccc(C45CC6CC(CC(C6)C4)C5)cc3)C2=O)c(C)n1-n1c(C)nc2ccccc2c1=O. The van der Waals surface area contributed by atoms with E-state index < -0.39 is 17.8 Å². The Balaban J connectivity index is 1.13. The number of imide groups is 2. The maximum absolute atomic E-state index is 13.8. The summed E-state index contributed by atoms with van der Waals surface area (Å²) in [5, 5.41) is 2.84. The number of hydrogen-bond acceptors (Lipinski definition) is 5. The number of carbonyl (C=O) groups is 3. The lowest BCUT2D eigenvalue weighted by Gasteiger charge is -2.57. The van der Waals surface area contributed by atoms with Crippen LogP contribution in [0.3, 0.4) is 0 Å². The Morgan fingerprint density at radius 2 is 1.49 bits per heavy atom. The van der Waals surface area contributed by atoms with Crippen LogP contribution < -0.4 is 15.8 Å². The lowest BCUT2D eigenvalue weighted by atomic mass is 9.48. The summed E-state index contributed by atoms with van der Waals surface area (Å²) in [4.78, 5) is 59.0. The van der Waals surface area contributed by atoms with Crippen LogP contribution in [0.2, 0.25) is 0 Å². The lowest BCUT2D eigenvalue weighted by Crippen LogP contribution is -2.54. The molecule has 0 radical (unpaired) electrons. The van der Waals surface area contributed by atoms with Crippen molar-refractivity contribution < 1.29 is 14.4 Å². The Morgan fingerprint density at radius 3 is 2.16 bits per heavy atom. The maximum atomic E-state index is 13.8. The van der Waals surface area contributed by atoms with E-state index in [4.69, 9.17) is 0 Å². The van der Waals surface area contributed by atoms with Gasteiger partial charge < -0.3 is 0 Å². The van der Waals surface area contributed by atoms with E-state index in [9.17, 15) is 19.2 Å². The van der Waals surface area contributed by atoms with Crippen molar-refractivity contribution in [3.8, 4) is 0 Å². The molecule has 0 atom stereocenters. The number of para-hydroxylation sites is 1. The predicted octanol–water partition coefficient (Wildman–Crippen LogP) is 5.57. The topological polar surface area (TPSA) is 106 Å². The van der Waals surface area contributed by atoms with Crippen LogP contribution in [0.4, 0.5) is 10.5 Å². The van der Waals surface area contributed by atoms with Crippen molar-refractivity contribution in [3.05, 3.63) is 98.9 Å². The second-order valence-electron chi connectivity index (χ2n) is 13.6. The van der Waals surface area contributed by atoms with Gasteiger partial charge in [-0.25, -0.2) is 14.7 Å². The largest absolute Gasteiger partial charge is 0.335 e. The molecule has 4 saturated carbocycles. The minimum absolute atomic E-state index is 0.152. The van der Waals surface area contributed by atoms with Crippen molar-refractivity contribution in [1.82, 2.24) is 19.7 Å². The van der Waals surface area contributed by atoms with E-state index in [1.54, 1.807) is 29.8 Å². The molecule has 3 heterocycles. The van der Waals surface area contributed by atoms with Gasteiger partial charge in [-0.15, -0.1) is 0 Å². The van der Waals surface area contributed by atoms with Crippen molar-refractivity contribution in [3.63, 3.8) is 0 Å². The van der Waals surface area contributed by atoms with Crippen molar-refractivity contribution in [2.45, 2.75) is 64.7 Å². The maximum Gasteiger partial charge on any atom is 0.335 e. The van der Waals surface area contributed by atoms with Gasteiger partial charge in [0.1, 0.15) is 11.4 Å². The fourth-order valence-electron chi connectivity index (χ4n) is 9.18. The third-order valence-electron chi connectivity index (χ3n) is 10.7. The predicted molar refractivity (Wildman–Crippen MR) is 171 cm³/mol. The van der Waals surface area contributed by atoms with Crippen LogP contribution in [0.25, 0.3) is 17.0 Å². The Bertz CT molecular complexity index is 2000. The van der Waals surface area contributed by atoms with Gasteiger partial charge in [0.15, 0.2) is 0 Å². The van der Waals surface area contributed by atoms with Crippen LogP contribution in [0.1, 0.15) is 66.9 Å². The molecular formula is C36H35N5O4. The van der Waals surface area contributed by atoms with E-state index in [2.05, 4.69) is 22.4 Å². The molecule has 4 amide bonds. The van der Waals surface area contributed by atoms with Crippen molar-refractivity contribution >= 4 is 40.5 Å². The standard InChI is InChI=1S/C36H35N5O4/c1-20-12-26(21(2)40(20)41-22(3)37-31-7-5-4-6-29(31)34(41)44)16-30-32(42)38-35(45)39(33(30)43)28-10-8-27(9-11-28)36-17-23-13-24(18-36)15-25(14-23)19-36/h4-12,16,23-25H,13-15,17-19H2,1-3H3,(H,38,42,45). The molecule has 1 N–H and O–H groups in total. The fourth-order valence-corrected chi connectivity index (χ4v) is 9.18. The molecule has 2 aromatic heterocycles. The summed E-state index contributed by atoms with van der Waals surface area (Å²) in [5.74, 6) is 1.50. The van der Waals surface area contributed by atoms with E-state index in [1.165, 1.54) is 54.8 Å². The highest BCUT2D eigenvalue weighted by Gasteiger charge is 2.51. The first-order valence-electron chi connectivity index (χ1n) is 15.8. The Hall–Kier alpha value is -4.79. The zero-order valence-corrected chi connectivity index (χ0v) is 25.7. The highest BCUT2D eigenvalue weighted by atomic mass is 16.2. The molecule has 9 nitrogen and oxygen atoms in total. The molecule has 4 bridgehead atoms. The molecule has 1 saturated heterocycles.